The third-order valence-corrected chi connectivity index (χ3v) is 2.82. The summed E-state index contributed by atoms with van der Waals surface area (Å²) in [7, 11) is 0. The van der Waals surface area contributed by atoms with Crippen LogP contribution in [0.15, 0.2) is 12.3 Å². The first-order valence-corrected chi connectivity index (χ1v) is 6.56. The Morgan fingerprint density at radius 1 is 1.36 bits per heavy atom. The van der Waals surface area contributed by atoms with E-state index < -0.39 is 23.2 Å². The smallest absolute Gasteiger partial charge is 0.341 e. The molecule has 7 heteroatoms. The van der Waals surface area contributed by atoms with Crippen LogP contribution in [0.3, 0.4) is 0 Å². The fourth-order valence-corrected chi connectivity index (χ4v) is 2.00. The van der Waals surface area contributed by atoms with E-state index in [4.69, 9.17) is 10.00 Å². The van der Waals surface area contributed by atoms with Crippen molar-refractivity contribution in [3.8, 4) is 6.07 Å². The number of nitrogens with zero attached hydrogens (tertiary/aromatic N) is 2. The van der Waals surface area contributed by atoms with E-state index >= 15 is 0 Å². The van der Waals surface area contributed by atoms with E-state index in [0.717, 1.165) is 0 Å². The minimum absolute atomic E-state index is 0.108. The van der Waals surface area contributed by atoms with Gasteiger partial charge >= 0.3 is 5.97 Å². The normalized spacial score (nSPS) is 12.2. The first kappa shape index (κ1) is 15.9. The number of nitriles is 1. The number of H-pyrrole nitrogens is 1. The molecule has 0 aliphatic rings. The first-order chi connectivity index (χ1) is 10.0. The summed E-state index contributed by atoms with van der Waals surface area (Å²) in [5.74, 6) is -4.16. The molecule has 2 aromatic heterocycles. The number of carbonyl (C=O) groups excluding carboxylic acids is 1. The Balaban J connectivity index is 2.72. The fraction of sp³-hybridized carbons (Fsp3) is 0.400. The summed E-state index contributed by atoms with van der Waals surface area (Å²) < 4.78 is 32.8. The molecule has 116 valence electrons. The van der Waals surface area contributed by atoms with Gasteiger partial charge in [-0.05, 0) is 26.8 Å². The van der Waals surface area contributed by atoms with Gasteiger partial charge in [-0.3, -0.25) is 0 Å². The van der Waals surface area contributed by atoms with E-state index in [2.05, 4.69) is 9.97 Å². The predicted octanol–water partition coefficient (Wildman–Crippen LogP) is 3.50. The molecule has 1 N–H and O–H groups in total. The molecule has 0 aromatic carbocycles. The molecule has 2 aromatic rings. The van der Waals surface area contributed by atoms with E-state index in [0.29, 0.717) is 6.92 Å². The minimum atomic E-state index is -3.28. The molecule has 0 saturated heterocycles. The predicted molar refractivity (Wildman–Crippen MR) is 75.5 cm³/mol. The average molecular weight is 307 g/mol. The van der Waals surface area contributed by atoms with Gasteiger partial charge in [0.05, 0.1) is 11.1 Å². The summed E-state index contributed by atoms with van der Waals surface area (Å²) in [6, 6.07) is 3.21. The van der Waals surface area contributed by atoms with Crippen molar-refractivity contribution in [3.63, 3.8) is 0 Å². The van der Waals surface area contributed by atoms with Gasteiger partial charge in [-0.1, -0.05) is 0 Å². The van der Waals surface area contributed by atoms with E-state index in [-0.39, 0.29) is 22.2 Å². The summed E-state index contributed by atoms with van der Waals surface area (Å²) in [5, 5.41) is 9.06. The van der Waals surface area contributed by atoms with Crippen molar-refractivity contribution in [1.82, 2.24) is 9.97 Å². The average Bonchev–Trinajstić information content (AvgIpc) is 2.74. The molecule has 0 atom stereocenters. The number of aromatic nitrogens is 2. The van der Waals surface area contributed by atoms with Gasteiger partial charge in [0.1, 0.15) is 23.0 Å². The number of rotatable bonds is 2. The Hall–Kier alpha value is -2.49. The van der Waals surface area contributed by atoms with Gasteiger partial charge in [0.25, 0.3) is 5.92 Å². The van der Waals surface area contributed by atoms with Gasteiger partial charge < -0.3 is 9.72 Å². The highest BCUT2D eigenvalue weighted by atomic mass is 19.3. The van der Waals surface area contributed by atoms with Crippen LogP contribution in [0.4, 0.5) is 8.78 Å². The van der Waals surface area contributed by atoms with E-state index in [1.165, 1.54) is 12.3 Å². The highest BCUT2D eigenvalue weighted by Crippen LogP contribution is 2.34. The Kier molecular flexibility index (Phi) is 3.65. The molecular weight excluding hydrogens is 292 g/mol. The maximum atomic E-state index is 13.8. The second-order valence-corrected chi connectivity index (χ2v) is 6.00. The monoisotopic (exact) mass is 307 g/mol. The van der Waals surface area contributed by atoms with Crippen molar-refractivity contribution >= 4 is 17.0 Å². The second kappa shape index (κ2) is 5.05. The zero-order valence-corrected chi connectivity index (χ0v) is 12.6. The number of carbonyl (C=O) groups is 1. The van der Waals surface area contributed by atoms with E-state index in [9.17, 15) is 13.6 Å². The molecule has 0 bridgehead atoms. The summed E-state index contributed by atoms with van der Waals surface area (Å²) in [6.45, 7) is 5.60. The third-order valence-electron chi connectivity index (χ3n) is 2.82. The second-order valence-electron chi connectivity index (χ2n) is 6.00. The molecule has 0 spiro atoms. The maximum Gasteiger partial charge on any atom is 0.341 e. The highest BCUT2D eigenvalue weighted by molar-refractivity contribution is 6.05. The molecule has 2 rings (SSSR count). The first-order valence-electron chi connectivity index (χ1n) is 6.56. The Morgan fingerprint density at radius 2 is 2.00 bits per heavy atom. The number of aromatic amines is 1. The van der Waals surface area contributed by atoms with Gasteiger partial charge in [-0.2, -0.15) is 14.0 Å². The zero-order chi connectivity index (χ0) is 16.7. The maximum absolute atomic E-state index is 13.8. The Bertz CT molecular complexity index is 777. The number of nitrogens with one attached hydrogen (secondary N) is 1. The number of hydrogen-bond acceptors (Lipinski definition) is 4. The topological polar surface area (TPSA) is 78.8 Å². The van der Waals surface area contributed by atoms with Crippen molar-refractivity contribution in [2.24, 2.45) is 0 Å². The lowest BCUT2D eigenvalue weighted by molar-refractivity contribution is -0.00116. The number of fused-ring (bicyclic) bond motifs is 1. The number of halogens is 2. The van der Waals surface area contributed by atoms with Crippen molar-refractivity contribution in [2.45, 2.75) is 39.2 Å². The summed E-state index contributed by atoms with van der Waals surface area (Å²) in [4.78, 5) is 18.7. The molecule has 0 fully saturated rings. The molecule has 22 heavy (non-hydrogen) atoms. The van der Waals surface area contributed by atoms with Crippen LogP contribution in [0.5, 0.6) is 0 Å². The largest absolute Gasteiger partial charge is 0.456 e. The Labute approximate surface area is 125 Å². The number of alkyl halides is 2. The number of hydrogen-bond donors (Lipinski definition) is 1. The van der Waals surface area contributed by atoms with Crippen LogP contribution in [-0.2, 0) is 10.7 Å². The highest BCUT2D eigenvalue weighted by Gasteiger charge is 2.36. The van der Waals surface area contributed by atoms with Crippen molar-refractivity contribution in [1.29, 1.82) is 5.26 Å². The Morgan fingerprint density at radius 3 is 2.50 bits per heavy atom. The molecule has 0 aliphatic carbocycles. The quantitative estimate of drug-likeness (QED) is 0.861. The molecular formula is C15H15F2N3O2. The van der Waals surface area contributed by atoms with E-state index in [1.54, 1.807) is 20.8 Å². The molecule has 5 nitrogen and oxygen atoms in total. The van der Waals surface area contributed by atoms with Crippen molar-refractivity contribution < 1.29 is 18.3 Å². The SMILES string of the molecule is CC(C)(C)OC(=O)c1c(C(C)(F)F)[nH]c2ncc(C#N)cc12. The lowest BCUT2D eigenvalue weighted by Gasteiger charge is -2.20. The van der Waals surface area contributed by atoms with Gasteiger partial charge in [-0.15, -0.1) is 0 Å². The molecule has 0 amide bonds. The van der Waals surface area contributed by atoms with Crippen LogP contribution in [0, 0.1) is 11.3 Å². The number of ether oxygens (including phenoxy) is 1. The van der Waals surface area contributed by atoms with Gasteiger partial charge in [0, 0.05) is 18.5 Å². The van der Waals surface area contributed by atoms with Crippen LogP contribution in [0.1, 0.15) is 49.3 Å². The lowest BCUT2D eigenvalue weighted by atomic mass is 10.1. The van der Waals surface area contributed by atoms with Gasteiger partial charge in [0.2, 0.25) is 0 Å². The number of pyridine rings is 1. The number of esters is 1. The summed E-state index contributed by atoms with van der Waals surface area (Å²) in [5.41, 5.74) is -1.42. The summed E-state index contributed by atoms with van der Waals surface area (Å²) >= 11 is 0. The van der Waals surface area contributed by atoms with Gasteiger partial charge in [-0.25, -0.2) is 9.78 Å². The third kappa shape index (κ3) is 3.06. The van der Waals surface area contributed by atoms with Crippen LogP contribution < -0.4 is 0 Å². The molecule has 2 heterocycles. The van der Waals surface area contributed by atoms with E-state index in [1.807, 2.05) is 6.07 Å². The van der Waals surface area contributed by atoms with Crippen LogP contribution >= 0.6 is 0 Å². The van der Waals surface area contributed by atoms with Crippen LogP contribution in [0.25, 0.3) is 11.0 Å². The molecule has 0 saturated carbocycles. The molecule has 0 aliphatic heterocycles. The fourth-order valence-electron chi connectivity index (χ4n) is 2.00. The van der Waals surface area contributed by atoms with Crippen LogP contribution in [-0.4, -0.2) is 21.5 Å². The van der Waals surface area contributed by atoms with Crippen LogP contribution in [0.2, 0.25) is 0 Å². The van der Waals surface area contributed by atoms with Crippen molar-refractivity contribution in [2.75, 3.05) is 0 Å². The lowest BCUT2D eigenvalue weighted by Crippen LogP contribution is -2.25. The standard InChI is InChI=1S/C15H15F2N3O2/c1-14(2,3)22-13(21)10-9-5-8(6-18)7-19-12(9)20-11(10)15(4,16)17/h5,7H,1-4H3,(H,19,20). The minimum Gasteiger partial charge on any atom is -0.456 e. The van der Waals surface area contributed by atoms with Crippen molar-refractivity contribution in [3.05, 3.63) is 29.1 Å². The van der Waals surface area contributed by atoms with Gasteiger partial charge in [0.15, 0.2) is 0 Å². The zero-order valence-electron chi connectivity index (χ0n) is 12.6. The molecule has 0 radical (unpaired) electrons. The summed E-state index contributed by atoms with van der Waals surface area (Å²) in [6.07, 6.45) is 1.25. The molecule has 0 unspecified atom stereocenters.